The fraction of sp³-hybridized carbons (Fsp3) is 0.444. The molecule has 1 aromatic heterocycles. The van der Waals surface area contributed by atoms with E-state index in [4.69, 9.17) is 14.2 Å². The molecule has 1 fully saturated rings. The monoisotopic (exact) mass is 363 g/mol. The number of carbonyl (C=O) groups excluding carboxylic acids is 1. The minimum atomic E-state index is -0.218. The highest BCUT2D eigenvalue weighted by Gasteiger charge is 2.18. The number of rotatable bonds is 5. The second-order valence-corrected chi connectivity index (χ2v) is 6.94. The fourth-order valence-corrected chi connectivity index (χ4v) is 3.84. The maximum absolute atomic E-state index is 12.5. The summed E-state index contributed by atoms with van der Waals surface area (Å²) in [4.78, 5) is 25.4. The van der Waals surface area contributed by atoms with Crippen molar-refractivity contribution in [2.45, 2.75) is 12.8 Å². The number of amides is 1. The fourth-order valence-electron chi connectivity index (χ4n) is 2.98. The van der Waals surface area contributed by atoms with Gasteiger partial charge in [-0.3, -0.25) is 9.59 Å². The molecule has 6 nitrogen and oxygen atoms in total. The van der Waals surface area contributed by atoms with Gasteiger partial charge in [0.15, 0.2) is 11.5 Å². The van der Waals surface area contributed by atoms with Crippen LogP contribution in [-0.2, 0) is 4.74 Å². The number of benzene rings is 1. The first-order chi connectivity index (χ1) is 12.1. The van der Waals surface area contributed by atoms with Crippen molar-refractivity contribution in [1.29, 1.82) is 0 Å². The van der Waals surface area contributed by atoms with Gasteiger partial charge < -0.3 is 19.5 Å². The molecule has 0 spiro atoms. The van der Waals surface area contributed by atoms with E-state index in [-0.39, 0.29) is 10.6 Å². The first kappa shape index (κ1) is 17.7. The quantitative estimate of drug-likeness (QED) is 0.883. The summed E-state index contributed by atoms with van der Waals surface area (Å²) in [5.74, 6) is 1.11. The largest absolute Gasteiger partial charge is 0.493 e. The van der Waals surface area contributed by atoms with Crippen molar-refractivity contribution in [3.63, 3.8) is 0 Å². The number of methoxy groups -OCH3 is 2. The van der Waals surface area contributed by atoms with E-state index >= 15 is 0 Å². The lowest BCUT2D eigenvalue weighted by Crippen LogP contribution is -2.32. The summed E-state index contributed by atoms with van der Waals surface area (Å²) < 4.78 is 15.7. The zero-order chi connectivity index (χ0) is 17.8. The molecule has 134 valence electrons. The van der Waals surface area contributed by atoms with Gasteiger partial charge in [0.25, 0.3) is 5.91 Å². The zero-order valence-electron chi connectivity index (χ0n) is 14.3. The summed E-state index contributed by atoms with van der Waals surface area (Å²) in [5.41, 5.74) is 0. The van der Waals surface area contributed by atoms with E-state index in [0.717, 1.165) is 37.4 Å². The van der Waals surface area contributed by atoms with Crippen LogP contribution in [-0.4, -0.2) is 39.9 Å². The van der Waals surface area contributed by atoms with Crippen molar-refractivity contribution in [2.75, 3.05) is 34.0 Å². The third kappa shape index (κ3) is 3.77. The number of ether oxygens (including phenoxy) is 3. The van der Waals surface area contributed by atoms with Crippen LogP contribution in [0.15, 0.2) is 23.0 Å². The standard InChI is InChI=1S/C18H21NO5S/c1-22-13-4-3-12-9-14(25-18(21)15(12)16(13)23-2)17(20)19-10-11-5-7-24-8-6-11/h3-4,9,11H,5-8,10H2,1-2H3,(H,19,20). The van der Waals surface area contributed by atoms with Crippen LogP contribution in [0, 0.1) is 5.92 Å². The lowest BCUT2D eigenvalue weighted by atomic mass is 10.0. The number of carbonyl (C=O) groups is 1. The molecule has 0 bridgehead atoms. The molecule has 1 N–H and O–H groups in total. The van der Waals surface area contributed by atoms with Crippen molar-refractivity contribution in [1.82, 2.24) is 5.32 Å². The van der Waals surface area contributed by atoms with Gasteiger partial charge in [0.05, 0.1) is 24.5 Å². The summed E-state index contributed by atoms with van der Waals surface area (Å²) in [6, 6.07) is 5.22. The summed E-state index contributed by atoms with van der Waals surface area (Å²) in [7, 11) is 3.02. The Morgan fingerprint density at radius 3 is 2.72 bits per heavy atom. The molecule has 0 unspecified atom stereocenters. The molecule has 0 aliphatic carbocycles. The highest BCUT2D eigenvalue weighted by atomic mass is 32.1. The van der Waals surface area contributed by atoms with Crippen LogP contribution < -0.4 is 19.5 Å². The summed E-state index contributed by atoms with van der Waals surface area (Å²) in [6.45, 7) is 2.09. The average Bonchev–Trinajstić information content (AvgIpc) is 2.65. The SMILES string of the molecule is COc1ccc2cc(C(=O)NCC3CCOCC3)sc(=O)c2c1OC. The molecule has 25 heavy (non-hydrogen) atoms. The van der Waals surface area contributed by atoms with E-state index < -0.39 is 0 Å². The molecule has 2 heterocycles. The van der Waals surface area contributed by atoms with Gasteiger partial charge in [0.1, 0.15) is 0 Å². The second kappa shape index (κ2) is 7.84. The van der Waals surface area contributed by atoms with E-state index in [9.17, 15) is 9.59 Å². The Morgan fingerprint density at radius 1 is 1.28 bits per heavy atom. The Hall–Kier alpha value is -2.12. The van der Waals surface area contributed by atoms with Gasteiger partial charge in [-0.1, -0.05) is 17.4 Å². The lowest BCUT2D eigenvalue weighted by Gasteiger charge is -2.22. The van der Waals surface area contributed by atoms with Crippen molar-refractivity contribution in [3.05, 3.63) is 32.6 Å². The van der Waals surface area contributed by atoms with Crippen molar-refractivity contribution in [3.8, 4) is 11.5 Å². The minimum absolute atomic E-state index is 0.217. The molecule has 1 amide bonds. The van der Waals surface area contributed by atoms with Crippen LogP contribution in [0.5, 0.6) is 11.5 Å². The van der Waals surface area contributed by atoms with Gasteiger partial charge in [-0.2, -0.15) is 0 Å². The van der Waals surface area contributed by atoms with E-state index in [1.165, 1.54) is 14.2 Å². The van der Waals surface area contributed by atoms with Gasteiger partial charge in [-0.25, -0.2) is 0 Å². The summed E-state index contributed by atoms with van der Waals surface area (Å²) in [5, 5.41) is 4.04. The van der Waals surface area contributed by atoms with Crippen LogP contribution in [0.2, 0.25) is 0 Å². The smallest absolute Gasteiger partial charge is 0.261 e. The van der Waals surface area contributed by atoms with Crippen LogP contribution in [0.4, 0.5) is 0 Å². The van der Waals surface area contributed by atoms with E-state index in [1.54, 1.807) is 18.2 Å². The number of hydrogen-bond donors (Lipinski definition) is 1. The molecule has 1 aliphatic heterocycles. The predicted molar refractivity (Wildman–Crippen MR) is 97.1 cm³/mol. The molecule has 0 radical (unpaired) electrons. The minimum Gasteiger partial charge on any atom is -0.493 e. The normalized spacial score (nSPS) is 15.1. The summed E-state index contributed by atoms with van der Waals surface area (Å²) >= 11 is 0.922. The van der Waals surface area contributed by atoms with Crippen LogP contribution in [0.25, 0.3) is 10.8 Å². The van der Waals surface area contributed by atoms with Crippen LogP contribution in [0.3, 0.4) is 0 Å². The molecule has 3 rings (SSSR count). The third-order valence-corrected chi connectivity index (χ3v) is 5.30. The van der Waals surface area contributed by atoms with E-state index in [2.05, 4.69) is 5.32 Å². The van der Waals surface area contributed by atoms with Crippen molar-refractivity contribution in [2.24, 2.45) is 5.92 Å². The molecule has 1 aromatic carbocycles. The number of hydrogen-bond acceptors (Lipinski definition) is 6. The Labute approximate surface area is 149 Å². The molecule has 1 saturated heterocycles. The predicted octanol–water partition coefficient (Wildman–Crippen LogP) is 2.44. The summed E-state index contributed by atoms with van der Waals surface area (Å²) in [6.07, 6.45) is 1.90. The van der Waals surface area contributed by atoms with Gasteiger partial charge in [-0.05, 0) is 36.3 Å². The Kier molecular flexibility index (Phi) is 5.55. The average molecular weight is 363 g/mol. The first-order valence-electron chi connectivity index (χ1n) is 8.18. The Morgan fingerprint density at radius 2 is 2.04 bits per heavy atom. The lowest BCUT2D eigenvalue weighted by molar-refractivity contribution is 0.0643. The van der Waals surface area contributed by atoms with Crippen LogP contribution in [0.1, 0.15) is 22.5 Å². The van der Waals surface area contributed by atoms with Gasteiger partial charge in [0, 0.05) is 19.8 Å². The maximum Gasteiger partial charge on any atom is 0.261 e. The highest BCUT2D eigenvalue weighted by Crippen LogP contribution is 2.34. The van der Waals surface area contributed by atoms with Crippen molar-refractivity contribution < 1.29 is 19.0 Å². The van der Waals surface area contributed by atoms with Gasteiger partial charge >= 0.3 is 0 Å². The Bertz CT molecular complexity index is 826. The van der Waals surface area contributed by atoms with Gasteiger partial charge in [0.2, 0.25) is 4.74 Å². The van der Waals surface area contributed by atoms with Crippen LogP contribution >= 0.6 is 11.3 Å². The van der Waals surface area contributed by atoms with E-state index in [1.807, 2.05) is 0 Å². The van der Waals surface area contributed by atoms with Gasteiger partial charge in [-0.15, -0.1) is 0 Å². The molecular formula is C18H21NO5S. The van der Waals surface area contributed by atoms with Crippen molar-refractivity contribution >= 4 is 28.0 Å². The number of fused-ring (bicyclic) bond motifs is 1. The molecule has 0 atom stereocenters. The third-order valence-electron chi connectivity index (χ3n) is 4.39. The maximum atomic E-state index is 12.5. The second-order valence-electron chi connectivity index (χ2n) is 5.93. The molecule has 0 saturated carbocycles. The zero-order valence-corrected chi connectivity index (χ0v) is 15.1. The molecule has 2 aromatic rings. The number of nitrogens with one attached hydrogen (secondary N) is 1. The molecular weight excluding hydrogens is 342 g/mol. The highest BCUT2D eigenvalue weighted by molar-refractivity contribution is 7.12. The first-order valence-corrected chi connectivity index (χ1v) is 9.00. The Balaban J connectivity index is 1.85. The molecule has 1 aliphatic rings. The topological polar surface area (TPSA) is 73.9 Å². The van der Waals surface area contributed by atoms with E-state index in [0.29, 0.717) is 39.6 Å². The molecule has 7 heteroatoms.